The molecule has 5 nitrogen and oxygen atoms in total. The summed E-state index contributed by atoms with van der Waals surface area (Å²) in [5.41, 5.74) is 2.65. The van der Waals surface area contributed by atoms with Gasteiger partial charge in [-0.1, -0.05) is 18.2 Å². The largest absolute Gasteiger partial charge is 0.493 e. The van der Waals surface area contributed by atoms with E-state index in [1.807, 2.05) is 53.4 Å². The van der Waals surface area contributed by atoms with Gasteiger partial charge in [-0.25, -0.2) is 0 Å². The Kier molecular flexibility index (Phi) is 8.50. The smallest absolute Gasteiger partial charge is 0.253 e. The van der Waals surface area contributed by atoms with E-state index in [4.69, 9.17) is 4.74 Å². The summed E-state index contributed by atoms with van der Waals surface area (Å²) in [4.78, 5) is 29.2. The van der Waals surface area contributed by atoms with Crippen molar-refractivity contribution < 1.29 is 14.3 Å². The summed E-state index contributed by atoms with van der Waals surface area (Å²) in [6.07, 6.45) is 1.39. The molecule has 0 bridgehead atoms. The number of carbonyl (C=O) groups is 2. The fraction of sp³-hybridized carbons (Fsp3) is 0.364. The summed E-state index contributed by atoms with van der Waals surface area (Å²) < 4.78 is 5.50. The lowest BCUT2D eigenvalue weighted by Crippen LogP contribution is -2.49. The van der Waals surface area contributed by atoms with Crippen molar-refractivity contribution in [2.75, 3.05) is 39.3 Å². The Labute approximate surface area is 183 Å². The monoisotopic (exact) mass is 436 g/mol. The fourth-order valence-corrected chi connectivity index (χ4v) is 3.70. The maximum Gasteiger partial charge on any atom is 0.253 e. The Morgan fingerprint density at radius 2 is 1.62 bits per heavy atom. The molecule has 2 heterocycles. The van der Waals surface area contributed by atoms with Crippen LogP contribution in [0, 0.1) is 0 Å². The third kappa shape index (κ3) is 5.50. The highest BCUT2D eigenvalue weighted by molar-refractivity contribution is 5.96. The van der Waals surface area contributed by atoms with E-state index in [9.17, 15) is 9.59 Å². The number of Topliss-reactive ketones (excluding diaryl/α,β-unsaturated/α-hetero) is 1. The number of amides is 1. The lowest BCUT2D eigenvalue weighted by atomic mass is 10.0. The number of benzene rings is 2. The van der Waals surface area contributed by atoms with Crippen LogP contribution in [0.15, 0.2) is 48.5 Å². The fourth-order valence-electron chi connectivity index (χ4n) is 3.70. The van der Waals surface area contributed by atoms with Gasteiger partial charge in [0.05, 0.1) is 6.61 Å². The van der Waals surface area contributed by atoms with Gasteiger partial charge in [0, 0.05) is 56.7 Å². The third-order valence-corrected chi connectivity index (χ3v) is 5.35. The van der Waals surface area contributed by atoms with E-state index in [0.29, 0.717) is 26.1 Å². The second kappa shape index (κ2) is 10.6. The standard InChI is InChI=1S/C22H24N2O3.2ClH/c25-20(18-6-7-21-19(16-18)9-15-27-21)8-10-23-11-13-24(14-12-23)22(26)17-4-2-1-3-5-17;;/h1-7,16H,8-15H2;2*1H. The molecule has 1 saturated heterocycles. The van der Waals surface area contributed by atoms with E-state index < -0.39 is 0 Å². The first kappa shape index (κ1) is 23.2. The van der Waals surface area contributed by atoms with E-state index >= 15 is 0 Å². The minimum atomic E-state index is 0. The number of nitrogens with zero attached hydrogens (tertiary/aromatic N) is 2. The molecule has 0 aliphatic carbocycles. The molecule has 2 aromatic carbocycles. The van der Waals surface area contributed by atoms with Crippen molar-refractivity contribution >= 4 is 36.5 Å². The van der Waals surface area contributed by atoms with Crippen LogP contribution in [-0.4, -0.2) is 60.8 Å². The number of piperazine rings is 1. The van der Waals surface area contributed by atoms with E-state index in [0.717, 1.165) is 48.5 Å². The van der Waals surface area contributed by atoms with E-state index in [1.54, 1.807) is 0 Å². The van der Waals surface area contributed by atoms with Crippen LogP contribution in [0.25, 0.3) is 0 Å². The second-order valence-corrected chi connectivity index (χ2v) is 7.09. The summed E-state index contributed by atoms with van der Waals surface area (Å²) in [7, 11) is 0. The van der Waals surface area contributed by atoms with Gasteiger partial charge >= 0.3 is 0 Å². The van der Waals surface area contributed by atoms with E-state index in [1.165, 1.54) is 0 Å². The normalized spacial score (nSPS) is 15.5. The molecule has 2 aliphatic rings. The third-order valence-electron chi connectivity index (χ3n) is 5.35. The molecule has 0 radical (unpaired) electrons. The summed E-state index contributed by atoms with van der Waals surface area (Å²) in [6.45, 7) is 4.47. The molecule has 1 amide bonds. The summed E-state index contributed by atoms with van der Waals surface area (Å²) in [6, 6.07) is 15.2. The van der Waals surface area contributed by atoms with Crippen LogP contribution in [-0.2, 0) is 6.42 Å². The Morgan fingerprint density at radius 1 is 0.897 bits per heavy atom. The molecule has 0 aromatic heterocycles. The minimum absolute atomic E-state index is 0. The van der Waals surface area contributed by atoms with Gasteiger partial charge in [0.15, 0.2) is 5.78 Å². The SMILES string of the molecule is Cl.Cl.O=C(CCN1CCN(C(=O)c2ccccc2)CC1)c1ccc2c(c1)CCO2. The van der Waals surface area contributed by atoms with Gasteiger partial charge in [-0.3, -0.25) is 14.5 Å². The number of carbonyl (C=O) groups excluding carboxylic acids is 2. The quantitative estimate of drug-likeness (QED) is 0.672. The molecule has 4 rings (SSSR count). The van der Waals surface area contributed by atoms with Gasteiger partial charge in [-0.15, -0.1) is 24.8 Å². The number of hydrogen-bond acceptors (Lipinski definition) is 4. The molecule has 2 aromatic rings. The first-order chi connectivity index (χ1) is 13.2. The molecule has 7 heteroatoms. The van der Waals surface area contributed by atoms with Crippen molar-refractivity contribution in [1.29, 1.82) is 0 Å². The zero-order valence-electron chi connectivity index (χ0n) is 16.2. The average Bonchev–Trinajstić information content (AvgIpc) is 3.20. The van der Waals surface area contributed by atoms with Crippen molar-refractivity contribution in [1.82, 2.24) is 9.80 Å². The molecule has 1 fully saturated rings. The highest BCUT2D eigenvalue weighted by Gasteiger charge is 2.22. The van der Waals surface area contributed by atoms with Gasteiger partial charge in [0.1, 0.15) is 5.75 Å². The molecule has 0 N–H and O–H groups in total. The van der Waals surface area contributed by atoms with Crippen molar-refractivity contribution in [2.45, 2.75) is 12.8 Å². The molecule has 0 saturated carbocycles. The lowest BCUT2D eigenvalue weighted by Gasteiger charge is -2.34. The predicted molar refractivity (Wildman–Crippen MR) is 118 cm³/mol. The number of halogens is 2. The number of ketones is 1. The first-order valence-electron chi connectivity index (χ1n) is 9.56. The molecule has 2 aliphatic heterocycles. The van der Waals surface area contributed by atoms with E-state index in [2.05, 4.69) is 4.90 Å². The zero-order chi connectivity index (χ0) is 18.6. The Bertz CT molecular complexity index is 837. The van der Waals surface area contributed by atoms with Gasteiger partial charge in [-0.2, -0.15) is 0 Å². The maximum atomic E-state index is 12.5. The van der Waals surface area contributed by atoms with Crippen molar-refractivity contribution in [2.24, 2.45) is 0 Å². The van der Waals surface area contributed by atoms with Crippen LogP contribution in [0.1, 0.15) is 32.7 Å². The number of ether oxygens (including phenoxy) is 1. The topological polar surface area (TPSA) is 49.9 Å². The zero-order valence-corrected chi connectivity index (χ0v) is 17.8. The van der Waals surface area contributed by atoms with Crippen molar-refractivity contribution in [3.63, 3.8) is 0 Å². The van der Waals surface area contributed by atoms with E-state index in [-0.39, 0.29) is 36.5 Å². The summed E-state index contributed by atoms with van der Waals surface area (Å²) in [5.74, 6) is 1.17. The van der Waals surface area contributed by atoms with Gasteiger partial charge in [0.25, 0.3) is 5.91 Å². The van der Waals surface area contributed by atoms with Crippen LogP contribution in [0.3, 0.4) is 0 Å². The molecular formula is C22H26Cl2N2O3. The van der Waals surface area contributed by atoms with Crippen molar-refractivity contribution in [3.05, 3.63) is 65.2 Å². The highest BCUT2D eigenvalue weighted by atomic mass is 35.5. The lowest BCUT2D eigenvalue weighted by molar-refractivity contribution is 0.0628. The van der Waals surface area contributed by atoms with Gasteiger partial charge < -0.3 is 9.64 Å². The van der Waals surface area contributed by atoms with Crippen molar-refractivity contribution in [3.8, 4) is 5.75 Å². The Balaban J connectivity index is 0.00000150. The minimum Gasteiger partial charge on any atom is -0.493 e. The van der Waals surface area contributed by atoms with Crippen LogP contribution >= 0.6 is 24.8 Å². The van der Waals surface area contributed by atoms with Gasteiger partial charge in [-0.05, 0) is 35.9 Å². The molecule has 0 unspecified atom stereocenters. The van der Waals surface area contributed by atoms with Crippen LogP contribution in [0.4, 0.5) is 0 Å². The molecule has 29 heavy (non-hydrogen) atoms. The molecule has 0 atom stereocenters. The molecular weight excluding hydrogens is 411 g/mol. The maximum absolute atomic E-state index is 12.5. The summed E-state index contributed by atoms with van der Waals surface area (Å²) >= 11 is 0. The highest BCUT2D eigenvalue weighted by Crippen LogP contribution is 2.26. The van der Waals surface area contributed by atoms with Gasteiger partial charge in [0.2, 0.25) is 0 Å². The van der Waals surface area contributed by atoms with Crippen LogP contribution < -0.4 is 4.74 Å². The first-order valence-corrected chi connectivity index (χ1v) is 9.56. The predicted octanol–water partition coefficient (Wildman–Crippen LogP) is 3.50. The Hall–Kier alpha value is -2.08. The number of hydrogen-bond donors (Lipinski definition) is 0. The number of rotatable bonds is 5. The summed E-state index contributed by atoms with van der Waals surface area (Å²) in [5, 5.41) is 0. The second-order valence-electron chi connectivity index (χ2n) is 7.09. The molecule has 0 spiro atoms. The Morgan fingerprint density at radius 3 is 2.34 bits per heavy atom. The van der Waals surface area contributed by atoms with Crippen LogP contribution in [0.2, 0.25) is 0 Å². The molecule has 156 valence electrons. The number of fused-ring (bicyclic) bond motifs is 1. The van der Waals surface area contributed by atoms with Crippen LogP contribution in [0.5, 0.6) is 5.75 Å². The average molecular weight is 437 g/mol.